The Kier molecular flexibility index (Phi) is 6.86. The van der Waals surface area contributed by atoms with Crippen molar-refractivity contribution >= 4 is 27.7 Å². The van der Waals surface area contributed by atoms with Gasteiger partial charge in [0.1, 0.15) is 11.9 Å². The Morgan fingerprint density at radius 2 is 1.70 bits per heavy atom. The van der Waals surface area contributed by atoms with Crippen LogP contribution in [0.5, 0.6) is 0 Å². The number of nitrogens with zero attached hydrogens (tertiary/aromatic N) is 1. The van der Waals surface area contributed by atoms with Crippen molar-refractivity contribution in [1.29, 1.82) is 0 Å². The van der Waals surface area contributed by atoms with E-state index in [9.17, 15) is 17.6 Å². The maximum Gasteiger partial charge on any atom is 0.255 e. The molecule has 4 rings (SSSR count). The van der Waals surface area contributed by atoms with Crippen LogP contribution in [0.1, 0.15) is 27.6 Å². The summed E-state index contributed by atoms with van der Waals surface area (Å²) < 4.78 is 46.1. The highest BCUT2D eigenvalue weighted by Gasteiger charge is 2.26. The number of morpholine rings is 1. The molecule has 170 valence electrons. The van der Waals surface area contributed by atoms with E-state index in [-0.39, 0.29) is 17.8 Å². The molecule has 0 bridgehead atoms. The van der Waals surface area contributed by atoms with Gasteiger partial charge in [-0.1, -0.05) is 42.5 Å². The number of nitrogens with one attached hydrogen (secondary N) is 1. The van der Waals surface area contributed by atoms with Gasteiger partial charge < -0.3 is 9.64 Å². The summed E-state index contributed by atoms with van der Waals surface area (Å²) in [6.45, 7) is 1.16. The van der Waals surface area contributed by atoms with Crippen molar-refractivity contribution in [3.8, 4) is 0 Å². The second-order valence-electron chi connectivity index (χ2n) is 7.60. The topological polar surface area (TPSA) is 75.7 Å². The molecule has 1 amide bonds. The first kappa shape index (κ1) is 22.7. The third kappa shape index (κ3) is 6.06. The van der Waals surface area contributed by atoms with E-state index in [2.05, 4.69) is 4.72 Å². The fourth-order valence-corrected chi connectivity index (χ4v) is 4.38. The van der Waals surface area contributed by atoms with Gasteiger partial charge in [0, 0.05) is 17.8 Å². The number of carbonyl (C=O) groups is 1. The lowest BCUT2D eigenvalue weighted by Crippen LogP contribution is -2.42. The Hall–Kier alpha value is -3.49. The number of benzene rings is 3. The van der Waals surface area contributed by atoms with Crippen LogP contribution in [-0.2, 0) is 14.8 Å². The molecule has 1 fully saturated rings. The van der Waals surface area contributed by atoms with Crippen molar-refractivity contribution in [1.82, 2.24) is 4.90 Å². The van der Waals surface area contributed by atoms with E-state index in [1.54, 1.807) is 53.4 Å². The summed E-state index contributed by atoms with van der Waals surface area (Å²) >= 11 is 0. The first-order valence-corrected chi connectivity index (χ1v) is 12.0. The molecule has 0 saturated carbocycles. The van der Waals surface area contributed by atoms with Crippen LogP contribution in [0, 0.1) is 5.82 Å². The minimum absolute atomic E-state index is 0.177. The molecule has 0 radical (unpaired) electrons. The SMILES string of the molecule is O=C(c1ccc(NS(=O)(=O)/C=C/c2ccccc2)cc1)N1CCOC(c2ccc(F)cc2)C1. The van der Waals surface area contributed by atoms with Gasteiger partial charge >= 0.3 is 0 Å². The van der Waals surface area contributed by atoms with Crippen molar-refractivity contribution in [3.63, 3.8) is 0 Å². The van der Waals surface area contributed by atoms with Gasteiger partial charge in [-0.05, 0) is 53.6 Å². The Morgan fingerprint density at radius 3 is 2.39 bits per heavy atom. The van der Waals surface area contributed by atoms with Gasteiger partial charge in [-0.15, -0.1) is 0 Å². The number of sulfonamides is 1. The summed E-state index contributed by atoms with van der Waals surface area (Å²) in [5.41, 5.74) is 2.38. The molecule has 6 nitrogen and oxygen atoms in total. The van der Waals surface area contributed by atoms with Gasteiger partial charge in [0.25, 0.3) is 15.9 Å². The molecule has 1 N–H and O–H groups in total. The van der Waals surface area contributed by atoms with E-state index >= 15 is 0 Å². The van der Waals surface area contributed by atoms with Crippen LogP contribution in [0.2, 0.25) is 0 Å². The number of carbonyl (C=O) groups excluding carboxylic acids is 1. The zero-order chi connectivity index (χ0) is 23.3. The van der Waals surface area contributed by atoms with Crippen LogP contribution in [-0.4, -0.2) is 38.9 Å². The van der Waals surface area contributed by atoms with Crippen molar-refractivity contribution < 1.29 is 22.3 Å². The fourth-order valence-electron chi connectivity index (χ4n) is 3.51. The average molecular weight is 467 g/mol. The van der Waals surface area contributed by atoms with Crippen molar-refractivity contribution in [2.75, 3.05) is 24.4 Å². The predicted molar refractivity (Wildman–Crippen MR) is 125 cm³/mol. The zero-order valence-corrected chi connectivity index (χ0v) is 18.5. The van der Waals surface area contributed by atoms with Gasteiger partial charge in [-0.3, -0.25) is 9.52 Å². The van der Waals surface area contributed by atoms with Crippen LogP contribution in [0.15, 0.2) is 84.3 Å². The van der Waals surface area contributed by atoms with E-state index in [4.69, 9.17) is 4.74 Å². The van der Waals surface area contributed by atoms with E-state index in [1.807, 2.05) is 18.2 Å². The van der Waals surface area contributed by atoms with Crippen LogP contribution < -0.4 is 4.72 Å². The van der Waals surface area contributed by atoms with Crippen LogP contribution in [0.25, 0.3) is 6.08 Å². The van der Waals surface area contributed by atoms with E-state index in [0.717, 1.165) is 16.5 Å². The summed E-state index contributed by atoms with van der Waals surface area (Å²) in [7, 11) is -3.70. The molecule has 1 atom stereocenters. The van der Waals surface area contributed by atoms with Crippen LogP contribution in [0.3, 0.4) is 0 Å². The molecule has 3 aromatic rings. The van der Waals surface area contributed by atoms with Crippen LogP contribution >= 0.6 is 0 Å². The second kappa shape index (κ2) is 9.97. The molecule has 8 heteroatoms. The molecular formula is C25H23FN2O4S. The number of ether oxygens (including phenoxy) is 1. The number of hydrogen-bond acceptors (Lipinski definition) is 4. The molecule has 1 unspecified atom stereocenters. The smallest absolute Gasteiger partial charge is 0.255 e. The molecule has 1 saturated heterocycles. The van der Waals surface area contributed by atoms with Gasteiger partial charge in [0.2, 0.25) is 0 Å². The lowest BCUT2D eigenvalue weighted by Gasteiger charge is -2.33. The number of anilines is 1. The zero-order valence-electron chi connectivity index (χ0n) is 17.7. The van der Waals surface area contributed by atoms with E-state index < -0.39 is 10.0 Å². The van der Waals surface area contributed by atoms with Gasteiger partial charge in [0.15, 0.2) is 0 Å². The van der Waals surface area contributed by atoms with E-state index in [0.29, 0.717) is 30.9 Å². The minimum atomic E-state index is -3.70. The standard InChI is InChI=1S/C25H23FN2O4S/c26-22-10-6-20(7-11-22)24-18-28(15-16-32-24)25(29)21-8-12-23(13-9-21)27-33(30,31)17-14-19-4-2-1-3-5-19/h1-14,17,24,27H,15-16,18H2/b17-14+. The summed E-state index contributed by atoms with van der Waals surface area (Å²) in [6.07, 6.45) is 1.18. The molecule has 1 aliphatic rings. The average Bonchev–Trinajstić information content (AvgIpc) is 2.84. The van der Waals surface area contributed by atoms with E-state index in [1.165, 1.54) is 18.2 Å². The largest absolute Gasteiger partial charge is 0.370 e. The number of halogens is 1. The molecule has 0 spiro atoms. The number of rotatable bonds is 6. The van der Waals surface area contributed by atoms with Crippen molar-refractivity contribution in [2.45, 2.75) is 6.10 Å². The monoisotopic (exact) mass is 466 g/mol. The van der Waals surface area contributed by atoms with Crippen LogP contribution in [0.4, 0.5) is 10.1 Å². The number of hydrogen-bond donors (Lipinski definition) is 1. The molecule has 1 aliphatic heterocycles. The maximum atomic E-state index is 13.2. The highest BCUT2D eigenvalue weighted by atomic mass is 32.2. The molecule has 0 aliphatic carbocycles. The fraction of sp³-hybridized carbons (Fsp3) is 0.160. The summed E-state index contributed by atoms with van der Waals surface area (Å²) in [4.78, 5) is 14.6. The first-order valence-electron chi connectivity index (χ1n) is 10.4. The third-order valence-corrected chi connectivity index (χ3v) is 6.24. The Labute approximate surface area is 192 Å². The molecule has 0 aromatic heterocycles. The highest BCUT2D eigenvalue weighted by molar-refractivity contribution is 7.95. The maximum absolute atomic E-state index is 13.2. The summed E-state index contributed by atoms with van der Waals surface area (Å²) in [5, 5.41) is 1.10. The molecule has 33 heavy (non-hydrogen) atoms. The van der Waals surface area contributed by atoms with Gasteiger partial charge in [0.05, 0.1) is 18.6 Å². The lowest BCUT2D eigenvalue weighted by molar-refractivity contribution is -0.0228. The Bertz CT molecular complexity index is 1230. The lowest BCUT2D eigenvalue weighted by atomic mass is 10.1. The third-order valence-electron chi connectivity index (χ3n) is 5.23. The van der Waals surface area contributed by atoms with Gasteiger partial charge in [-0.2, -0.15) is 0 Å². The predicted octanol–water partition coefficient (Wildman–Crippen LogP) is 4.45. The van der Waals surface area contributed by atoms with Crippen molar-refractivity contribution in [3.05, 3.63) is 107 Å². The Morgan fingerprint density at radius 1 is 1.00 bits per heavy atom. The first-order chi connectivity index (χ1) is 15.9. The Balaban J connectivity index is 1.39. The molecule has 1 heterocycles. The van der Waals surface area contributed by atoms with Crippen molar-refractivity contribution in [2.24, 2.45) is 0 Å². The number of amides is 1. The van der Waals surface area contributed by atoms with Gasteiger partial charge in [-0.25, -0.2) is 12.8 Å². The summed E-state index contributed by atoms with van der Waals surface area (Å²) in [5.74, 6) is -0.502. The minimum Gasteiger partial charge on any atom is -0.370 e. The highest BCUT2D eigenvalue weighted by Crippen LogP contribution is 2.24. The summed E-state index contributed by atoms with van der Waals surface area (Å²) in [6, 6.07) is 21.4. The molecular weight excluding hydrogens is 443 g/mol. The normalized spacial score (nSPS) is 16.6. The quantitative estimate of drug-likeness (QED) is 0.582. The second-order valence-corrected chi connectivity index (χ2v) is 9.17. The molecule has 3 aromatic carbocycles.